The van der Waals surface area contributed by atoms with E-state index in [0.717, 1.165) is 23.2 Å². The molecule has 3 aromatic carbocycles. The average molecular weight is 476 g/mol. The third kappa shape index (κ3) is 4.30. The Labute approximate surface area is 206 Å². The van der Waals surface area contributed by atoms with Gasteiger partial charge in [-0.3, -0.25) is 4.79 Å². The number of fused-ring (bicyclic) bond motifs is 1. The van der Waals surface area contributed by atoms with Crippen LogP contribution in [0.25, 0.3) is 6.08 Å². The van der Waals surface area contributed by atoms with Gasteiger partial charge in [-0.15, -0.1) is 0 Å². The topological polar surface area (TPSA) is 38.8 Å². The number of halogens is 1. The molecule has 1 atom stereocenters. The number of ether oxygens (including phenoxy) is 2. The van der Waals surface area contributed by atoms with Gasteiger partial charge in [0.2, 0.25) is 0 Å². The summed E-state index contributed by atoms with van der Waals surface area (Å²) in [5.41, 5.74) is 3.43. The Morgan fingerprint density at radius 3 is 2.29 bits per heavy atom. The molecule has 1 amide bonds. The summed E-state index contributed by atoms with van der Waals surface area (Å²) < 4.78 is 10.7. The lowest BCUT2D eigenvalue weighted by atomic mass is 9.65. The van der Waals surface area contributed by atoms with Crippen LogP contribution in [0.15, 0.2) is 72.8 Å². The number of methoxy groups -OCH3 is 2. The number of carbonyl (C=O) groups excluding carboxylic acids is 1. The molecule has 1 aliphatic rings. The van der Waals surface area contributed by atoms with E-state index in [1.54, 1.807) is 20.3 Å². The van der Waals surface area contributed by atoms with Crippen molar-refractivity contribution in [2.75, 3.05) is 19.1 Å². The fourth-order valence-corrected chi connectivity index (χ4v) is 5.32. The second-order valence-corrected chi connectivity index (χ2v) is 9.90. The van der Waals surface area contributed by atoms with Crippen molar-refractivity contribution in [1.82, 2.24) is 0 Å². The van der Waals surface area contributed by atoms with E-state index in [0.29, 0.717) is 16.5 Å². The first-order valence-corrected chi connectivity index (χ1v) is 11.7. The van der Waals surface area contributed by atoms with E-state index in [1.165, 1.54) is 5.56 Å². The highest BCUT2D eigenvalue weighted by molar-refractivity contribution is 6.30. The van der Waals surface area contributed by atoms with Crippen LogP contribution in [0.1, 0.15) is 43.9 Å². The van der Waals surface area contributed by atoms with Gasteiger partial charge in [-0.2, -0.15) is 0 Å². The van der Waals surface area contributed by atoms with Crippen molar-refractivity contribution in [2.24, 2.45) is 0 Å². The second-order valence-electron chi connectivity index (χ2n) is 9.47. The van der Waals surface area contributed by atoms with Crippen LogP contribution in [0.4, 0.5) is 5.69 Å². The molecule has 176 valence electrons. The first-order chi connectivity index (χ1) is 16.2. The predicted octanol–water partition coefficient (Wildman–Crippen LogP) is 6.89. The molecule has 0 saturated heterocycles. The fourth-order valence-electron chi connectivity index (χ4n) is 5.19. The molecule has 0 aliphatic carbocycles. The predicted molar refractivity (Wildman–Crippen MR) is 139 cm³/mol. The van der Waals surface area contributed by atoms with E-state index in [2.05, 4.69) is 39.0 Å². The Morgan fingerprint density at radius 1 is 0.941 bits per heavy atom. The smallest absolute Gasteiger partial charge is 0.251 e. The molecule has 0 radical (unpaired) electrons. The lowest BCUT2D eigenvalue weighted by Gasteiger charge is -2.51. The maximum atomic E-state index is 13.6. The van der Waals surface area contributed by atoms with E-state index < -0.39 is 5.54 Å². The van der Waals surface area contributed by atoms with Gasteiger partial charge < -0.3 is 14.4 Å². The average Bonchev–Trinajstić information content (AvgIpc) is 2.82. The van der Waals surface area contributed by atoms with Crippen LogP contribution in [0.5, 0.6) is 11.5 Å². The number of rotatable bonds is 5. The van der Waals surface area contributed by atoms with Crippen LogP contribution in [-0.2, 0) is 10.2 Å². The van der Waals surface area contributed by atoms with Crippen LogP contribution in [0.3, 0.4) is 0 Å². The first kappa shape index (κ1) is 23.9. The highest BCUT2D eigenvalue weighted by Gasteiger charge is 2.47. The van der Waals surface area contributed by atoms with Crippen LogP contribution >= 0.6 is 11.6 Å². The number of anilines is 1. The Hall–Kier alpha value is -3.24. The van der Waals surface area contributed by atoms with Gasteiger partial charge in [0, 0.05) is 27.7 Å². The van der Waals surface area contributed by atoms with Crippen molar-refractivity contribution < 1.29 is 14.3 Å². The summed E-state index contributed by atoms with van der Waals surface area (Å²) >= 11 is 6.16. The van der Waals surface area contributed by atoms with E-state index in [4.69, 9.17) is 21.1 Å². The Morgan fingerprint density at radius 2 is 1.62 bits per heavy atom. The van der Waals surface area contributed by atoms with Crippen molar-refractivity contribution >= 4 is 29.3 Å². The maximum Gasteiger partial charge on any atom is 0.251 e. The number of para-hydroxylation sites is 1. The summed E-state index contributed by atoms with van der Waals surface area (Å²) in [6.07, 6.45) is 4.22. The lowest BCUT2D eigenvalue weighted by Crippen LogP contribution is -2.55. The maximum absolute atomic E-state index is 13.6. The summed E-state index contributed by atoms with van der Waals surface area (Å²) in [5, 5.41) is 0.716. The molecule has 0 saturated carbocycles. The zero-order chi connectivity index (χ0) is 24.5. The highest BCUT2D eigenvalue weighted by Crippen LogP contribution is 2.50. The van der Waals surface area contributed by atoms with Crippen molar-refractivity contribution in [3.8, 4) is 11.5 Å². The number of hydrogen-bond donors (Lipinski definition) is 0. The number of carbonyl (C=O) groups is 1. The van der Waals surface area contributed by atoms with Gasteiger partial charge in [-0.25, -0.2) is 0 Å². The summed E-state index contributed by atoms with van der Waals surface area (Å²) in [7, 11) is 3.20. The highest BCUT2D eigenvalue weighted by atomic mass is 35.5. The van der Waals surface area contributed by atoms with Gasteiger partial charge in [-0.1, -0.05) is 54.9 Å². The standard InChI is InChI=1S/C29H30ClNO3/c1-28(2)19-29(3,21-12-14-22(30)15-13-21)23-8-6-7-9-24(23)31(28)27(32)17-11-20-10-16-25(33-4)26(18-20)34-5/h6-18H,19H2,1-5H3/b17-11+. The molecule has 4 nitrogen and oxygen atoms in total. The molecule has 34 heavy (non-hydrogen) atoms. The van der Waals surface area contributed by atoms with Crippen LogP contribution in [-0.4, -0.2) is 25.7 Å². The zero-order valence-electron chi connectivity index (χ0n) is 20.3. The minimum atomic E-state index is -0.415. The molecule has 3 aromatic rings. The molecular weight excluding hydrogens is 446 g/mol. The third-order valence-corrected chi connectivity index (χ3v) is 6.91. The SMILES string of the molecule is COc1ccc(/C=C/C(=O)N2c3ccccc3C(C)(c3ccc(Cl)cc3)CC2(C)C)cc1OC. The Kier molecular flexibility index (Phi) is 6.46. The van der Waals surface area contributed by atoms with Crippen LogP contribution in [0, 0.1) is 0 Å². The van der Waals surface area contributed by atoms with Crippen molar-refractivity contribution in [1.29, 1.82) is 0 Å². The third-order valence-electron chi connectivity index (χ3n) is 6.66. The Balaban J connectivity index is 1.72. The summed E-state index contributed by atoms with van der Waals surface area (Å²) in [4.78, 5) is 15.5. The van der Waals surface area contributed by atoms with Crippen LogP contribution in [0.2, 0.25) is 5.02 Å². The summed E-state index contributed by atoms with van der Waals surface area (Å²) in [6, 6.07) is 21.8. The Bertz CT molecular complexity index is 1230. The second kappa shape index (κ2) is 9.19. The number of hydrogen-bond acceptors (Lipinski definition) is 3. The molecule has 1 heterocycles. The molecule has 4 rings (SSSR count). The number of nitrogens with zero attached hydrogens (tertiary/aromatic N) is 1. The van der Waals surface area contributed by atoms with Gasteiger partial charge >= 0.3 is 0 Å². The fraction of sp³-hybridized carbons (Fsp3) is 0.276. The molecule has 0 fully saturated rings. The molecule has 1 aliphatic heterocycles. The van der Waals surface area contributed by atoms with Gasteiger partial charge in [-0.05, 0) is 73.4 Å². The van der Waals surface area contributed by atoms with E-state index in [-0.39, 0.29) is 11.3 Å². The minimum Gasteiger partial charge on any atom is -0.493 e. The molecule has 0 aromatic heterocycles. The van der Waals surface area contributed by atoms with Crippen molar-refractivity contribution in [3.63, 3.8) is 0 Å². The number of benzene rings is 3. The molecule has 0 N–H and O–H groups in total. The number of amides is 1. The lowest BCUT2D eigenvalue weighted by molar-refractivity contribution is -0.115. The van der Waals surface area contributed by atoms with Gasteiger partial charge in [0.25, 0.3) is 5.91 Å². The molecule has 5 heteroatoms. The molecule has 1 unspecified atom stereocenters. The quantitative estimate of drug-likeness (QED) is 0.377. The summed E-state index contributed by atoms with van der Waals surface area (Å²) in [5.74, 6) is 1.21. The van der Waals surface area contributed by atoms with Gasteiger partial charge in [0.15, 0.2) is 11.5 Å². The first-order valence-electron chi connectivity index (χ1n) is 11.3. The monoisotopic (exact) mass is 475 g/mol. The molecular formula is C29H30ClNO3. The van der Waals surface area contributed by atoms with E-state index >= 15 is 0 Å². The van der Waals surface area contributed by atoms with Crippen molar-refractivity contribution in [3.05, 3.63) is 94.5 Å². The minimum absolute atomic E-state index is 0.0645. The van der Waals surface area contributed by atoms with Crippen molar-refractivity contribution in [2.45, 2.75) is 38.1 Å². The van der Waals surface area contributed by atoms with Gasteiger partial charge in [0.05, 0.1) is 14.2 Å². The molecule has 0 spiro atoms. The van der Waals surface area contributed by atoms with Gasteiger partial charge in [0.1, 0.15) is 0 Å². The van der Waals surface area contributed by atoms with E-state index in [9.17, 15) is 4.79 Å². The molecule has 0 bridgehead atoms. The van der Waals surface area contributed by atoms with Crippen LogP contribution < -0.4 is 14.4 Å². The van der Waals surface area contributed by atoms with E-state index in [1.807, 2.05) is 59.5 Å². The normalized spacial score (nSPS) is 19.1. The largest absolute Gasteiger partial charge is 0.493 e. The zero-order valence-corrected chi connectivity index (χ0v) is 21.0. The summed E-state index contributed by atoms with van der Waals surface area (Å²) in [6.45, 7) is 6.50.